The number of rotatable bonds is 3. The van der Waals surface area contributed by atoms with Gasteiger partial charge in [-0.2, -0.15) is 0 Å². The summed E-state index contributed by atoms with van der Waals surface area (Å²) < 4.78 is 0. The number of piperazine rings is 1. The first-order valence-corrected chi connectivity index (χ1v) is 7.94. The molecule has 1 aliphatic carbocycles. The minimum atomic E-state index is 0.0789. The Morgan fingerprint density at radius 1 is 1.20 bits per heavy atom. The summed E-state index contributed by atoms with van der Waals surface area (Å²) >= 11 is 0. The summed E-state index contributed by atoms with van der Waals surface area (Å²) in [6.07, 6.45) is 8.37. The second-order valence-corrected chi connectivity index (χ2v) is 6.41. The molecule has 108 valence electrons. The largest absolute Gasteiger partial charge is 0.305 e. The Bertz CT molecular complexity index is 458. The lowest BCUT2D eigenvalue weighted by Gasteiger charge is -2.49. The highest BCUT2D eigenvalue weighted by molar-refractivity contribution is 5.25. The highest BCUT2D eigenvalue weighted by Gasteiger charge is 2.39. The van der Waals surface area contributed by atoms with Gasteiger partial charge in [0.15, 0.2) is 0 Å². The van der Waals surface area contributed by atoms with Crippen molar-refractivity contribution in [3.05, 3.63) is 48.0 Å². The highest BCUT2D eigenvalue weighted by atomic mass is 15.3. The van der Waals surface area contributed by atoms with Crippen LogP contribution in [0.3, 0.4) is 0 Å². The first-order chi connectivity index (χ1) is 9.73. The van der Waals surface area contributed by atoms with Crippen LogP contribution in [0.15, 0.2) is 42.5 Å². The van der Waals surface area contributed by atoms with Crippen LogP contribution in [-0.4, -0.2) is 30.1 Å². The molecule has 2 aliphatic rings. The fraction of sp³-hybridized carbons (Fsp3) is 0.556. The van der Waals surface area contributed by atoms with Gasteiger partial charge in [-0.3, -0.25) is 4.90 Å². The van der Waals surface area contributed by atoms with E-state index in [2.05, 4.69) is 66.5 Å². The maximum Gasteiger partial charge on any atom is 0.0535 e. The second kappa shape index (κ2) is 5.71. The van der Waals surface area contributed by atoms with E-state index in [1.807, 2.05) is 0 Å². The Kier molecular flexibility index (Phi) is 3.95. The maximum atomic E-state index is 3.80. The molecule has 1 heterocycles. The van der Waals surface area contributed by atoms with Crippen molar-refractivity contribution >= 4 is 0 Å². The van der Waals surface area contributed by atoms with Crippen molar-refractivity contribution in [2.24, 2.45) is 0 Å². The molecule has 0 aromatic heterocycles. The molecular formula is C18H26N2. The topological polar surface area (TPSA) is 15.3 Å². The molecule has 0 bridgehead atoms. The molecule has 0 saturated carbocycles. The van der Waals surface area contributed by atoms with Crippen LogP contribution in [0.4, 0.5) is 0 Å². The molecule has 2 heteroatoms. The van der Waals surface area contributed by atoms with E-state index in [-0.39, 0.29) is 5.54 Å². The van der Waals surface area contributed by atoms with E-state index in [0.29, 0.717) is 12.1 Å². The Morgan fingerprint density at radius 2 is 1.90 bits per heavy atom. The number of nitrogens with zero attached hydrogens (tertiary/aromatic N) is 1. The summed E-state index contributed by atoms with van der Waals surface area (Å²) in [5.41, 5.74) is 1.49. The van der Waals surface area contributed by atoms with Gasteiger partial charge in [0, 0.05) is 25.2 Å². The zero-order valence-electron chi connectivity index (χ0n) is 12.7. The van der Waals surface area contributed by atoms with Gasteiger partial charge in [-0.15, -0.1) is 0 Å². The third-order valence-corrected chi connectivity index (χ3v) is 5.03. The van der Waals surface area contributed by atoms with Crippen LogP contribution in [0.25, 0.3) is 0 Å². The van der Waals surface area contributed by atoms with Crippen LogP contribution in [0.5, 0.6) is 0 Å². The fourth-order valence-electron chi connectivity index (χ4n) is 3.69. The van der Waals surface area contributed by atoms with Crippen LogP contribution in [0.1, 0.15) is 38.7 Å². The average molecular weight is 270 g/mol. The van der Waals surface area contributed by atoms with E-state index in [1.165, 1.54) is 24.8 Å². The molecule has 0 amide bonds. The summed E-state index contributed by atoms with van der Waals surface area (Å²) in [7, 11) is 0. The molecule has 1 aromatic rings. The van der Waals surface area contributed by atoms with Crippen molar-refractivity contribution in [1.82, 2.24) is 10.2 Å². The van der Waals surface area contributed by atoms with E-state index in [4.69, 9.17) is 0 Å². The normalized spacial score (nSPS) is 31.8. The van der Waals surface area contributed by atoms with Gasteiger partial charge in [0.1, 0.15) is 0 Å². The first-order valence-electron chi connectivity index (χ1n) is 7.94. The van der Waals surface area contributed by atoms with Gasteiger partial charge in [0.05, 0.1) is 5.54 Å². The summed E-state index contributed by atoms with van der Waals surface area (Å²) in [4.78, 5) is 2.75. The summed E-state index contributed by atoms with van der Waals surface area (Å²) in [6.45, 7) is 6.87. The number of benzene rings is 1. The molecule has 1 N–H and O–H groups in total. The van der Waals surface area contributed by atoms with Gasteiger partial charge in [-0.05, 0) is 31.7 Å². The fourth-order valence-corrected chi connectivity index (χ4v) is 3.69. The molecule has 3 rings (SSSR count). The third kappa shape index (κ3) is 2.55. The molecule has 1 saturated heterocycles. The zero-order valence-corrected chi connectivity index (χ0v) is 12.7. The van der Waals surface area contributed by atoms with Crippen molar-refractivity contribution < 1.29 is 0 Å². The van der Waals surface area contributed by atoms with Crippen molar-refractivity contribution in [2.45, 2.75) is 50.7 Å². The van der Waals surface area contributed by atoms with Gasteiger partial charge in [-0.1, -0.05) is 49.4 Å². The predicted octanol–water partition coefficient (Wildman–Crippen LogP) is 3.30. The molecule has 2 nitrogen and oxygen atoms in total. The van der Waals surface area contributed by atoms with Crippen LogP contribution in [-0.2, 0) is 5.54 Å². The molecule has 20 heavy (non-hydrogen) atoms. The minimum Gasteiger partial charge on any atom is -0.305 e. The molecular weight excluding hydrogens is 244 g/mol. The molecule has 2 unspecified atom stereocenters. The van der Waals surface area contributed by atoms with E-state index >= 15 is 0 Å². The lowest BCUT2D eigenvalue weighted by Crippen LogP contribution is -2.63. The Hall–Kier alpha value is -1.12. The quantitative estimate of drug-likeness (QED) is 0.848. The smallest absolute Gasteiger partial charge is 0.0535 e. The second-order valence-electron chi connectivity index (χ2n) is 6.41. The van der Waals surface area contributed by atoms with Crippen LogP contribution < -0.4 is 5.32 Å². The van der Waals surface area contributed by atoms with Gasteiger partial charge in [0.25, 0.3) is 0 Å². The molecule has 1 aromatic carbocycles. The van der Waals surface area contributed by atoms with E-state index < -0.39 is 0 Å². The van der Waals surface area contributed by atoms with E-state index in [1.54, 1.807) is 0 Å². The molecule has 1 aliphatic heterocycles. The Balaban J connectivity index is 1.82. The zero-order chi connectivity index (χ0) is 14.0. The lowest BCUT2D eigenvalue weighted by molar-refractivity contribution is 0.0481. The first kappa shape index (κ1) is 13.8. The summed E-state index contributed by atoms with van der Waals surface area (Å²) in [5.74, 6) is 0. The van der Waals surface area contributed by atoms with Crippen LogP contribution in [0, 0.1) is 0 Å². The Labute approximate surface area is 122 Å². The van der Waals surface area contributed by atoms with Crippen molar-refractivity contribution in [3.8, 4) is 0 Å². The lowest BCUT2D eigenvalue weighted by atomic mass is 9.86. The van der Waals surface area contributed by atoms with Crippen molar-refractivity contribution in [2.75, 3.05) is 13.1 Å². The van der Waals surface area contributed by atoms with Gasteiger partial charge < -0.3 is 5.32 Å². The van der Waals surface area contributed by atoms with Crippen molar-refractivity contribution in [3.63, 3.8) is 0 Å². The minimum absolute atomic E-state index is 0.0789. The summed E-state index contributed by atoms with van der Waals surface area (Å²) in [5, 5.41) is 3.80. The maximum absolute atomic E-state index is 3.80. The highest BCUT2D eigenvalue weighted by Crippen LogP contribution is 2.31. The average Bonchev–Trinajstić information content (AvgIpc) is 3.02. The predicted molar refractivity (Wildman–Crippen MR) is 84.7 cm³/mol. The standard InChI is InChI=1S/C18H26N2/c1-3-16-13-19-18(2,15-9-5-4-6-10-15)14-20(16)17-11-7-8-12-17/h4-10,16-17,19H,3,11-14H2,1-2H3. The number of hydrogen-bond acceptors (Lipinski definition) is 2. The number of nitrogens with one attached hydrogen (secondary N) is 1. The number of hydrogen-bond donors (Lipinski definition) is 1. The van der Waals surface area contributed by atoms with E-state index in [0.717, 1.165) is 13.1 Å². The monoisotopic (exact) mass is 270 g/mol. The molecule has 2 atom stereocenters. The Morgan fingerprint density at radius 3 is 2.55 bits per heavy atom. The van der Waals surface area contributed by atoms with Gasteiger partial charge >= 0.3 is 0 Å². The van der Waals surface area contributed by atoms with Crippen LogP contribution >= 0.6 is 0 Å². The molecule has 0 radical (unpaired) electrons. The van der Waals surface area contributed by atoms with E-state index in [9.17, 15) is 0 Å². The third-order valence-electron chi connectivity index (χ3n) is 5.03. The molecule has 0 spiro atoms. The SMILES string of the molecule is CCC1CNC(C)(c2ccccc2)CN1C1CC=CC1. The molecule has 1 fully saturated rings. The van der Waals surface area contributed by atoms with Gasteiger partial charge in [0.2, 0.25) is 0 Å². The van der Waals surface area contributed by atoms with Crippen molar-refractivity contribution in [1.29, 1.82) is 0 Å². The van der Waals surface area contributed by atoms with Crippen LogP contribution in [0.2, 0.25) is 0 Å². The van der Waals surface area contributed by atoms with Gasteiger partial charge in [-0.25, -0.2) is 0 Å². The summed E-state index contributed by atoms with van der Waals surface area (Å²) in [6, 6.07) is 12.3.